The highest BCUT2D eigenvalue weighted by molar-refractivity contribution is 5.80. The largest absolute Gasteiger partial charge is 0.380 e. The quantitative estimate of drug-likeness (QED) is 0.578. The first-order valence-electron chi connectivity index (χ1n) is 9.46. The van der Waals surface area contributed by atoms with Gasteiger partial charge in [-0.2, -0.15) is 0 Å². The second-order valence-corrected chi connectivity index (χ2v) is 6.73. The molecule has 1 aromatic carbocycles. The minimum Gasteiger partial charge on any atom is -0.380 e. The third kappa shape index (κ3) is 6.33. The second-order valence-electron chi connectivity index (χ2n) is 6.73. The van der Waals surface area contributed by atoms with E-state index in [2.05, 4.69) is 46.7 Å². The van der Waals surface area contributed by atoms with Crippen LogP contribution < -0.4 is 10.6 Å². The Balaban J connectivity index is 1.91. The minimum absolute atomic E-state index is 0.140. The van der Waals surface area contributed by atoms with Gasteiger partial charge in [0.25, 0.3) is 0 Å². The lowest BCUT2D eigenvalue weighted by Crippen LogP contribution is -2.46. The van der Waals surface area contributed by atoms with Crippen molar-refractivity contribution in [3.8, 4) is 0 Å². The molecule has 144 valence electrons. The maximum atomic E-state index is 11.6. The van der Waals surface area contributed by atoms with Gasteiger partial charge < -0.3 is 20.3 Å². The summed E-state index contributed by atoms with van der Waals surface area (Å²) in [5.74, 6) is 1.58. The van der Waals surface area contributed by atoms with Crippen LogP contribution in [0.4, 0.5) is 0 Å². The van der Waals surface area contributed by atoms with E-state index in [1.807, 2.05) is 0 Å². The van der Waals surface area contributed by atoms with E-state index < -0.39 is 0 Å². The molecule has 0 atom stereocenters. The molecule has 0 aromatic heterocycles. The van der Waals surface area contributed by atoms with Gasteiger partial charge in [0.05, 0.1) is 13.2 Å². The standard InChI is InChI=1S/C20H32N4O2/c1-4-22-20(23-14-17-5-7-18(8-6-17)15-26-3)24-11-9-16(10-12-24)13-19(25)21-2/h5-8,16H,4,9-15H2,1-3H3,(H,21,25)(H,22,23). The highest BCUT2D eigenvalue weighted by Crippen LogP contribution is 2.20. The van der Waals surface area contributed by atoms with E-state index >= 15 is 0 Å². The van der Waals surface area contributed by atoms with E-state index in [1.165, 1.54) is 11.1 Å². The fourth-order valence-corrected chi connectivity index (χ4v) is 3.21. The van der Waals surface area contributed by atoms with Crippen LogP contribution in [0.3, 0.4) is 0 Å². The van der Waals surface area contributed by atoms with Crippen LogP contribution in [0.2, 0.25) is 0 Å². The molecule has 0 saturated carbocycles. The van der Waals surface area contributed by atoms with Crippen LogP contribution in [0.1, 0.15) is 37.3 Å². The Morgan fingerprint density at radius 3 is 2.46 bits per heavy atom. The Morgan fingerprint density at radius 1 is 1.23 bits per heavy atom. The maximum Gasteiger partial charge on any atom is 0.220 e. The Kier molecular flexibility index (Phi) is 8.41. The lowest BCUT2D eigenvalue weighted by Gasteiger charge is -2.34. The average Bonchev–Trinajstić information content (AvgIpc) is 2.67. The van der Waals surface area contributed by atoms with Gasteiger partial charge in [-0.15, -0.1) is 0 Å². The SMILES string of the molecule is CCNC(=NCc1ccc(COC)cc1)N1CCC(CC(=O)NC)CC1. The Morgan fingerprint density at radius 2 is 1.88 bits per heavy atom. The molecule has 6 heteroatoms. The number of piperidine rings is 1. The monoisotopic (exact) mass is 360 g/mol. The molecule has 1 heterocycles. The summed E-state index contributed by atoms with van der Waals surface area (Å²) < 4.78 is 5.15. The summed E-state index contributed by atoms with van der Waals surface area (Å²) >= 11 is 0. The molecule has 0 spiro atoms. The number of hydrogen-bond acceptors (Lipinski definition) is 3. The molecule has 1 saturated heterocycles. The highest BCUT2D eigenvalue weighted by atomic mass is 16.5. The van der Waals surface area contributed by atoms with Gasteiger partial charge >= 0.3 is 0 Å². The average molecular weight is 361 g/mol. The molecule has 1 amide bonds. The van der Waals surface area contributed by atoms with E-state index in [9.17, 15) is 4.79 Å². The van der Waals surface area contributed by atoms with Crippen LogP contribution in [-0.4, -0.2) is 50.6 Å². The smallest absolute Gasteiger partial charge is 0.220 e. The number of hydrogen-bond donors (Lipinski definition) is 2. The predicted molar refractivity (Wildman–Crippen MR) is 105 cm³/mol. The lowest BCUT2D eigenvalue weighted by molar-refractivity contribution is -0.121. The number of guanidine groups is 1. The molecule has 0 aliphatic carbocycles. The number of aliphatic imine (C=N–C) groups is 1. The molecule has 1 fully saturated rings. The number of methoxy groups -OCH3 is 1. The second kappa shape index (κ2) is 10.8. The number of benzene rings is 1. The first kappa shape index (κ1) is 20.2. The number of carbonyl (C=O) groups is 1. The van der Waals surface area contributed by atoms with Gasteiger partial charge in [-0.25, -0.2) is 4.99 Å². The van der Waals surface area contributed by atoms with Gasteiger partial charge in [0.1, 0.15) is 0 Å². The number of amides is 1. The van der Waals surface area contributed by atoms with Crippen LogP contribution in [0.15, 0.2) is 29.3 Å². The fraction of sp³-hybridized carbons (Fsp3) is 0.600. The topological polar surface area (TPSA) is 66.0 Å². The van der Waals surface area contributed by atoms with Gasteiger partial charge in [-0.3, -0.25) is 4.79 Å². The van der Waals surface area contributed by atoms with Crippen molar-refractivity contribution in [2.75, 3.05) is 33.8 Å². The van der Waals surface area contributed by atoms with E-state index in [1.54, 1.807) is 14.2 Å². The zero-order chi connectivity index (χ0) is 18.8. The van der Waals surface area contributed by atoms with Gasteiger partial charge in [0.2, 0.25) is 5.91 Å². The van der Waals surface area contributed by atoms with Crippen molar-refractivity contribution in [2.45, 2.75) is 39.3 Å². The molecule has 1 aliphatic heterocycles. The molecule has 1 aromatic rings. The molecule has 26 heavy (non-hydrogen) atoms. The fourth-order valence-electron chi connectivity index (χ4n) is 3.21. The first-order chi connectivity index (χ1) is 12.7. The summed E-state index contributed by atoms with van der Waals surface area (Å²) in [4.78, 5) is 18.7. The molecule has 6 nitrogen and oxygen atoms in total. The van der Waals surface area contributed by atoms with Crippen molar-refractivity contribution in [3.05, 3.63) is 35.4 Å². The molecule has 2 N–H and O–H groups in total. The lowest BCUT2D eigenvalue weighted by atomic mass is 9.93. The third-order valence-electron chi connectivity index (χ3n) is 4.75. The normalized spacial score (nSPS) is 15.8. The Hall–Kier alpha value is -2.08. The summed E-state index contributed by atoms with van der Waals surface area (Å²) in [6.07, 6.45) is 2.69. The molecular weight excluding hydrogens is 328 g/mol. The van der Waals surface area contributed by atoms with Crippen molar-refractivity contribution < 1.29 is 9.53 Å². The minimum atomic E-state index is 0.140. The van der Waals surface area contributed by atoms with Crippen molar-refractivity contribution in [1.82, 2.24) is 15.5 Å². The Labute approximate surface area is 157 Å². The van der Waals surface area contributed by atoms with Gasteiger partial charge in [0.15, 0.2) is 5.96 Å². The maximum absolute atomic E-state index is 11.6. The predicted octanol–water partition coefficient (Wildman–Crippen LogP) is 2.15. The zero-order valence-electron chi connectivity index (χ0n) is 16.3. The number of rotatable bonds is 7. The third-order valence-corrected chi connectivity index (χ3v) is 4.75. The van der Waals surface area contributed by atoms with E-state index in [4.69, 9.17) is 9.73 Å². The number of nitrogens with one attached hydrogen (secondary N) is 2. The van der Waals surface area contributed by atoms with Crippen LogP contribution >= 0.6 is 0 Å². The number of nitrogens with zero attached hydrogens (tertiary/aromatic N) is 2. The summed E-state index contributed by atoms with van der Waals surface area (Å²) in [5, 5.41) is 6.12. The molecule has 0 unspecified atom stereocenters. The summed E-state index contributed by atoms with van der Waals surface area (Å²) in [6, 6.07) is 8.39. The number of carbonyl (C=O) groups excluding carboxylic acids is 1. The van der Waals surface area contributed by atoms with Crippen LogP contribution in [0, 0.1) is 5.92 Å². The van der Waals surface area contributed by atoms with Crippen LogP contribution in [0.25, 0.3) is 0 Å². The molecule has 0 radical (unpaired) electrons. The molecule has 0 bridgehead atoms. The summed E-state index contributed by atoms with van der Waals surface area (Å²) in [5.41, 5.74) is 2.36. The van der Waals surface area contributed by atoms with Crippen molar-refractivity contribution in [2.24, 2.45) is 10.9 Å². The molecule has 1 aliphatic rings. The zero-order valence-corrected chi connectivity index (χ0v) is 16.3. The summed E-state index contributed by atoms with van der Waals surface area (Å²) in [6.45, 7) is 6.13. The van der Waals surface area contributed by atoms with Gasteiger partial charge in [-0.05, 0) is 36.8 Å². The van der Waals surface area contributed by atoms with Gasteiger partial charge in [-0.1, -0.05) is 24.3 Å². The van der Waals surface area contributed by atoms with Crippen molar-refractivity contribution in [3.63, 3.8) is 0 Å². The number of ether oxygens (including phenoxy) is 1. The van der Waals surface area contributed by atoms with E-state index in [0.29, 0.717) is 25.5 Å². The van der Waals surface area contributed by atoms with Gasteiger partial charge in [0, 0.05) is 40.2 Å². The van der Waals surface area contributed by atoms with Crippen molar-refractivity contribution in [1.29, 1.82) is 0 Å². The Bertz CT molecular complexity index is 578. The highest BCUT2D eigenvalue weighted by Gasteiger charge is 2.22. The molecule has 2 rings (SSSR count). The molecular formula is C20H32N4O2. The number of likely N-dealkylation sites (tertiary alicyclic amines) is 1. The van der Waals surface area contributed by atoms with Crippen molar-refractivity contribution >= 4 is 11.9 Å². The first-order valence-corrected chi connectivity index (χ1v) is 9.46. The van der Waals surface area contributed by atoms with Crippen LogP contribution in [0.5, 0.6) is 0 Å². The van der Waals surface area contributed by atoms with E-state index in [0.717, 1.165) is 38.4 Å². The van der Waals surface area contributed by atoms with Crippen LogP contribution in [-0.2, 0) is 22.7 Å². The summed E-state index contributed by atoms with van der Waals surface area (Å²) in [7, 11) is 3.41. The van der Waals surface area contributed by atoms with E-state index in [-0.39, 0.29) is 5.91 Å².